The summed E-state index contributed by atoms with van der Waals surface area (Å²) >= 11 is 1.68. The van der Waals surface area contributed by atoms with E-state index in [1.165, 1.54) is 16.0 Å². The minimum absolute atomic E-state index is 0.000762. The average molecular weight is 411 g/mol. The van der Waals surface area contributed by atoms with E-state index in [1.807, 2.05) is 37.4 Å². The number of aryl methyl sites for hydroxylation is 2. The number of thiophene rings is 1. The summed E-state index contributed by atoms with van der Waals surface area (Å²) in [7, 11) is 0. The van der Waals surface area contributed by atoms with Crippen LogP contribution in [0.15, 0.2) is 34.3 Å². The van der Waals surface area contributed by atoms with Crippen LogP contribution < -0.4 is 5.32 Å². The minimum Gasteiger partial charge on any atom is -0.361 e. The maximum Gasteiger partial charge on any atom is 0.252 e. The zero-order valence-electron chi connectivity index (χ0n) is 17.1. The lowest BCUT2D eigenvalue weighted by Gasteiger charge is -2.27. The van der Waals surface area contributed by atoms with Gasteiger partial charge >= 0.3 is 0 Å². The zero-order chi connectivity index (χ0) is 20.4. The van der Waals surface area contributed by atoms with Crippen LogP contribution >= 0.6 is 11.3 Å². The van der Waals surface area contributed by atoms with E-state index in [2.05, 4.69) is 27.3 Å². The molecule has 1 amide bonds. The van der Waals surface area contributed by atoms with Gasteiger partial charge < -0.3 is 9.84 Å². The summed E-state index contributed by atoms with van der Waals surface area (Å²) in [5, 5.41) is 9.23. The molecule has 0 saturated carbocycles. The fourth-order valence-electron chi connectivity index (χ4n) is 3.86. The summed E-state index contributed by atoms with van der Waals surface area (Å²) in [5.74, 6) is 0.888. The zero-order valence-corrected chi connectivity index (χ0v) is 17.9. The van der Waals surface area contributed by atoms with Crippen molar-refractivity contribution in [2.75, 3.05) is 6.54 Å². The first-order valence-electron chi connectivity index (χ1n) is 10.0. The Kier molecular flexibility index (Phi) is 5.78. The van der Waals surface area contributed by atoms with Crippen LogP contribution in [0, 0.1) is 13.8 Å². The van der Waals surface area contributed by atoms with Crippen LogP contribution in [0.2, 0.25) is 0 Å². The highest BCUT2D eigenvalue weighted by Crippen LogP contribution is 2.30. The Bertz CT molecular complexity index is 976. The Hall–Kier alpha value is -2.51. The van der Waals surface area contributed by atoms with Crippen molar-refractivity contribution in [3.63, 3.8) is 0 Å². The molecular formula is C22H26N4O2S. The summed E-state index contributed by atoms with van der Waals surface area (Å²) in [6.07, 6.45) is 3.45. The Morgan fingerprint density at radius 3 is 2.93 bits per heavy atom. The highest BCUT2D eigenvalue weighted by atomic mass is 32.1. The average Bonchev–Trinajstić information content (AvgIpc) is 3.30. The number of pyridine rings is 1. The molecule has 6 nitrogen and oxygen atoms in total. The van der Waals surface area contributed by atoms with Crippen molar-refractivity contribution in [1.82, 2.24) is 20.4 Å². The largest absolute Gasteiger partial charge is 0.361 e. The highest BCUT2D eigenvalue weighted by molar-refractivity contribution is 7.10. The SMILES string of the molecule is CC[C@H](NC(=O)c1csc2c1CCN(Cc1c(C)noc1C)C2)c1ccccn1. The molecule has 0 spiro atoms. The molecular weight excluding hydrogens is 384 g/mol. The van der Waals surface area contributed by atoms with E-state index in [-0.39, 0.29) is 11.9 Å². The fourth-order valence-corrected chi connectivity index (χ4v) is 4.98. The molecule has 0 unspecified atom stereocenters. The molecule has 4 heterocycles. The number of carbonyl (C=O) groups excluding carboxylic acids is 1. The quantitative estimate of drug-likeness (QED) is 0.660. The van der Waals surface area contributed by atoms with Crippen LogP contribution in [0.4, 0.5) is 0 Å². The molecule has 0 saturated heterocycles. The minimum atomic E-state index is -0.0705. The lowest BCUT2D eigenvalue weighted by molar-refractivity contribution is 0.0933. The summed E-state index contributed by atoms with van der Waals surface area (Å²) in [6.45, 7) is 8.62. The van der Waals surface area contributed by atoms with Crippen molar-refractivity contribution in [2.45, 2.75) is 52.7 Å². The van der Waals surface area contributed by atoms with E-state index < -0.39 is 0 Å². The van der Waals surface area contributed by atoms with Crippen molar-refractivity contribution in [3.05, 3.63) is 68.5 Å². The number of hydrogen-bond donors (Lipinski definition) is 1. The van der Waals surface area contributed by atoms with E-state index >= 15 is 0 Å². The van der Waals surface area contributed by atoms with Crippen molar-refractivity contribution < 1.29 is 9.32 Å². The van der Waals surface area contributed by atoms with Gasteiger partial charge in [0.1, 0.15) is 5.76 Å². The molecule has 4 rings (SSSR count). The molecule has 1 atom stereocenters. The molecule has 3 aromatic heterocycles. The standard InChI is InChI=1S/C22H26N4O2S/c1-4-19(20-7-5-6-9-23-20)24-22(27)18-13-29-21-12-26(10-8-16(18)21)11-17-14(2)25-28-15(17)3/h5-7,9,13,19H,4,8,10-12H2,1-3H3,(H,24,27)/t19-/m0/s1. The molecule has 1 N–H and O–H groups in total. The van der Waals surface area contributed by atoms with Crippen LogP contribution in [0.5, 0.6) is 0 Å². The topological polar surface area (TPSA) is 71.3 Å². The van der Waals surface area contributed by atoms with Crippen LogP contribution in [-0.2, 0) is 19.5 Å². The van der Waals surface area contributed by atoms with Crippen LogP contribution in [-0.4, -0.2) is 27.5 Å². The predicted octanol–water partition coefficient (Wildman–Crippen LogP) is 4.19. The van der Waals surface area contributed by atoms with E-state index in [4.69, 9.17) is 4.52 Å². The Morgan fingerprint density at radius 2 is 2.24 bits per heavy atom. The van der Waals surface area contributed by atoms with Gasteiger partial charge in [0.05, 0.1) is 23.0 Å². The number of nitrogens with zero attached hydrogens (tertiary/aromatic N) is 3. The summed E-state index contributed by atoms with van der Waals surface area (Å²) < 4.78 is 5.29. The molecule has 0 aliphatic carbocycles. The van der Waals surface area contributed by atoms with Crippen LogP contribution in [0.1, 0.15) is 62.9 Å². The molecule has 0 fully saturated rings. The van der Waals surface area contributed by atoms with Gasteiger partial charge in [-0.25, -0.2) is 0 Å². The number of carbonyl (C=O) groups is 1. The van der Waals surface area contributed by atoms with E-state index in [1.54, 1.807) is 17.5 Å². The molecule has 1 aliphatic heterocycles. The Balaban J connectivity index is 1.45. The second-order valence-electron chi connectivity index (χ2n) is 7.50. The highest BCUT2D eigenvalue weighted by Gasteiger charge is 2.26. The van der Waals surface area contributed by atoms with Gasteiger partial charge in [-0.3, -0.25) is 14.7 Å². The van der Waals surface area contributed by atoms with Crippen molar-refractivity contribution in [3.8, 4) is 0 Å². The number of hydrogen-bond acceptors (Lipinski definition) is 6. The molecule has 29 heavy (non-hydrogen) atoms. The second kappa shape index (κ2) is 8.47. The first-order chi connectivity index (χ1) is 14.1. The van der Waals surface area contributed by atoms with Gasteiger partial charge in [0.2, 0.25) is 0 Å². The fraction of sp³-hybridized carbons (Fsp3) is 0.409. The second-order valence-corrected chi connectivity index (χ2v) is 8.47. The monoisotopic (exact) mass is 410 g/mol. The maximum absolute atomic E-state index is 13.0. The van der Waals surface area contributed by atoms with Gasteiger partial charge in [0.15, 0.2) is 0 Å². The van der Waals surface area contributed by atoms with Gasteiger partial charge in [-0.05, 0) is 44.4 Å². The molecule has 1 aliphatic rings. The first kappa shape index (κ1) is 19.8. The Morgan fingerprint density at radius 1 is 1.38 bits per heavy atom. The molecule has 0 radical (unpaired) electrons. The van der Waals surface area contributed by atoms with Gasteiger partial charge in [0.25, 0.3) is 5.91 Å². The van der Waals surface area contributed by atoms with E-state index in [0.717, 1.165) is 55.2 Å². The number of aromatic nitrogens is 2. The summed E-state index contributed by atoms with van der Waals surface area (Å²) in [5.41, 5.74) is 5.04. The smallest absolute Gasteiger partial charge is 0.252 e. The van der Waals surface area contributed by atoms with Crippen molar-refractivity contribution in [1.29, 1.82) is 0 Å². The van der Waals surface area contributed by atoms with Gasteiger partial charge in [-0.15, -0.1) is 11.3 Å². The number of fused-ring (bicyclic) bond motifs is 1. The first-order valence-corrected chi connectivity index (χ1v) is 10.9. The number of rotatable bonds is 6. The Labute approximate surface area is 174 Å². The van der Waals surface area contributed by atoms with E-state index in [0.29, 0.717) is 0 Å². The van der Waals surface area contributed by atoms with Gasteiger partial charge in [-0.1, -0.05) is 18.1 Å². The molecule has 3 aromatic rings. The molecule has 0 aromatic carbocycles. The number of nitrogens with one attached hydrogen (secondary N) is 1. The van der Waals surface area contributed by atoms with Crippen LogP contribution in [0.25, 0.3) is 0 Å². The summed E-state index contributed by atoms with van der Waals surface area (Å²) in [6, 6.07) is 5.74. The van der Waals surface area contributed by atoms with Crippen molar-refractivity contribution in [2.24, 2.45) is 0 Å². The molecule has 152 valence electrons. The van der Waals surface area contributed by atoms with Gasteiger partial charge in [-0.2, -0.15) is 0 Å². The normalized spacial score (nSPS) is 15.1. The summed E-state index contributed by atoms with van der Waals surface area (Å²) in [4.78, 5) is 21.1. The van der Waals surface area contributed by atoms with Gasteiger partial charge in [0, 0.05) is 41.7 Å². The maximum atomic E-state index is 13.0. The van der Waals surface area contributed by atoms with E-state index in [9.17, 15) is 4.79 Å². The lowest BCUT2D eigenvalue weighted by atomic mass is 10.0. The third-order valence-corrected chi connectivity index (χ3v) is 6.61. The molecule has 0 bridgehead atoms. The third kappa shape index (κ3) is 4.11. The molecule has 7 heteroatoms. The number of amides is 1. The lowest BCUT2D eigenvalue weighted by Crippen LogP contribution is -2.32. The third-order valence-electron chi connectivity index (χ3n) is 5.59. The van der Waals surface area contributed by atoms with Crippen LogP contribution in [0.3, 0.4) is 0 Å². The van der Waals surface area contributed by atoms with Crippen molar-refractivity contribution >= 4 is 17.2 Å². The predicted molar refractivity (Wildman–Crippen MR) is 113 cm³/mol.